The molecule has 4 aromatic rings. The lowest BCUT2D eigenvalue weighted by molar-refractivity contribution is 0.740. The van der Waals surface area contributed by atoms with Crippen LogP contribution in [0.2, 0.25) is 5.04 Å². The lowest BCUT2D eigenvalue weighted by atomic mass is 10.0. The fourth-order valence-corrected chi connectivity index (χ4v) is 11.5. The number of hydrogen-bond donors (Lipinski definition) is 0. The summed E-state index contributed by atoms with van der Waals surface area (Å²) in [7, 11) is -2.22. The van der Waals surface area contributed by atoms with Crippen molar-refractivity contribution in [2.24, 2.45) is 0 Å². The van der Waals surface area contributed by atoms with E-state index in [1.807, 2.05) is 0 Å². The normalized spacial score (nSPS) is 18.3. The molecule has 0 nitrogen and oxygen atoms in total. The maximum absolute atomic E-state index is 2.44. The number of hydrogen-bond acceptors (Lipinski definition) is 0. The van der Waals surface area contributed by atoms with Crippen LogP contribution >= 0.6 is 0 Å². The van der Waals surface area contributed by atoms with Crippen molar-refractivity contribution >= 4 is 34.4 Å². The zero-order chi connectivity index (χ0) is 18.6. The third-order valence-corrected chi connectivity index (χ3v) is 12.2. The van der Waals surface area contributed by atoms with Crippen LogP contribution in [0.1, 0.15) is 20.8 Å². The molecule has 0 unspecified atom stereocenters. The molecule has 0 radical (unpaired) electrons. The smallest absolute Gasteiger partial charge is 0.0624 e. The van der Waals surface area contributed by atoms with Gasteiger partial charge < -0.3 is 0 Å². The van der Waals surface area contributed by atoms with Gasteiger partial charge in [0.2, 0.25) is 0 Å². The standard InChI is InChI=1S/C26H24Si/c1-26(2,3)27(20-12-5-4-6-13-20)24-16-10-9-15-22(24)23-18-17-19-11-7-8-14-21(19)25(23)27/h4-18H,1-3H3/t27-/m1/s1. The van der Waals surface area contributed by atoms with Gasteiger partial charge in [0.1, 0.15) is 0 Å². The first kappa shape index (κ1) is 16.5. The second kappa shape index (κ2) is 5.67. The van der Waals surface area contributed by atoms with E-state index in [1.165, 1.54) is 27.1 Å². The van der Waals surface area contributed by atoms with Crippen molar-refractivity contribution in [1.82, 2.24) is 0 Å². The van der Waals surface area contributed by atoms with Gasteiger partial charge in [0, 0.05) is 0 Å². The van der Waals surface area contributed by atoms with Gasteiger partial charge in [-0.25, -0.2) is 0 Å². The van der Waals surface area contributed by atoms with E-state index < -0.39 is 8.07 Å². The molecule has 1 aliphatic heterocycles. The van der Waals surface area contributed by atoms with Crippen molar-refractivity contribution < 1.29 is 0 Å². The molecule has 0 spiro atoms. The Bertz CT molecular complexity index is 1150. The van der Waals surface area contributed by atoms with E-state index in [4.69, 9.17) is 0 Å². The monoisotopic (exact) mass is 364 g/mol. The second-order valence-corrected chi connectivity index (χ2v) is 13.2. The van der Waals surface area contributed by atoms with Gasteiger partial charge in [-0.15, -0.1) is 0 Å². The minimum absolute atomic E-state index is 0.153. The van der Waals surface area contributed by atoms with Crippen LogP contribution in [0.15, 0.2) is 91.0 Å². The summed E-state index contributed by atoms with van der Waals surface area (Å²) < 4.78 is 0. The maximum Gasteiger partial charge on any atom is 0.155 e. The molecule has 5 rings (SSSR count). The van der Waals surface area contributed by atoms with Crippen molar-refractivity contribution in [3.05, 3.63) is 91.0 Å². The quantitative estimate of drug-likeness (QED) is 0.413. The van der Waals surface area contributed by atoms with E-state index in [9.17, 15) is 0 Å². The lowest BCUT2D eigenvalue weighted by Gasteiger charge is -2.43. The molecule has 0 aromatic heterocycles. The van der Waals surface area contributed by atoms with Crippen LogP contribution < -0.4 is 15.6 Å². The number of benzene rings is 4. The van der Waals surface area contributed by atoms with Crippen LogP contribution in [-0.2, 0) is 0 Å². The molecule has 0 N–H and O–H groups in total. The maximum atomic E-state index is 2.44. The van der Waals surface area contributed by atoms with Gasteiger partial charge in [-0.1, -0.05) is 112 Å². The van der Waals surface area contributed by atoms with Crippen LogP contribution in [0.3, 0.4) is 0 Å². The Hall–Kier alpha value is -2.64. The molecular formula is C26H24Si. The SMILES string of the molecule is CC(C)(C)[Si@]1(c2ccccc2)c2ccccc2-c2ccc3ccccc3c21. The zero-order valence-electron chi connectivity index (χ0n) is 16.2. The summed E-state index contributed by atoms with van der Waals surface area (Å²) in [5.41, 5.74) is 2.87. The van der Waals surface area contributed by atoms with Crippen LogP contribution in [-0.4, -0.2) is 8.07 Å². The zero-order valence-corrected chi connectivity index (χ0v) is 17.2. The van der Waals surface area contributed by atoms with Crippen molar-refractivity contribution in [3.8, 4) is 11.1 Å². The Balaban J connectivity index is 2.05. The highest BCUT2D eigenvalue weighted by Crippen LogP contribution is 2.44. The van der Waals surface area contributed by atoms with Crippen LogP contribution in [0.5, 0.6) is 0 Å². The fraction of sp³-hybridized carbons (Fsp3) is 0.154. The molecule has 1 aliphatic rings. The van der Waals surface area contributed by atoms with E-state index in [0.717, 1.165) is 0 Å². The topological polar surface area (TPSA) is 0 Å². The Morgan fingerprint density at radius 1 is 0.593 bits per heavy atom. The van der Waals surface area contributed by atoms with Gasteiger partial charge >= 0.3 is 0 Å². The van der Waals surface area contributed by atoms with Crippen molar-refractivity contribution in [1.29, 1.82) is 0 Å². The summed E-state index contributed by atoms with van der Waals surface area (Å²) in [5.74, 6) is 0. The molecule has 0 amide bonds. The third-order valence-electron chi connectivity index (χ3n) is 6.26. The van der Waals surface area contributed by atoms with Crippen molar-refractivity contribution in [2.75, 3.05) is 0 Å². The van der Waals surface area contributed by atoms with Gasteiger partial charge in [-0.05, 0) is 42.5 Å². The molecule has 0 saturated heterocycles. The molecule has 0 bridgehead atoms. The summed E-state index contributed by atoms with van der Waals surface area (Å²) in [6, 6.07) is 34.0. The highest BCUT2D eigenvalue weighted by atomic mass is 28.3. The predicted molar refractivity (Wildman–Crippen MR) is 120 cm³/mol. The minimum atomic E-state index is -2.22. The highest BCUT2D eigenvalue weighted by Gasteiger charge is 2.55. The lowest BCUT2D eigenvalue weighted by Crippen LogP contribution is -2.70. The molecule has 27 heavy (non-hydrogen) atoms. The first-order valence-corrected chi connectivity index (χ1v) is 11.7. The molecule has 1 atom stereocenters. The predicted octanol–water partition coefficient (Wildman–Crippen LogP) is 5.09. The average Bonchev–Trinajstić information content (AvgIpc) is 3.00. The first-order chi connectivity index (χ1) is 13.0. The second-order valence-electron chi connectivity index (χ2n) is 8.62. The van der Waals surface area contributed by atoms with Crippen molar-refractivity contribution in [2.45, 2.75) is 25.8 Å². The molecule has 1 heterocycles. The molecular weight excluding hydrogens is 340 g/mol. The average molecular weight is 365 g/mol. The fourth-order valence-electron chi connectivity index (χ4n) is 5.28. The first-order valence-electron chi connectivity index (χ1n) is 9.73. The van der Waals surface area contributed by atoms with E-state index in [1.54, 1.807) is 10.4 Å². The van der Waals surface area contributed by atoms with Gasteiger partial charge in [-0.2, -0.15) is 0 Å². The third kappa shape index (κ3) is 2.09. The van der Waals surface area contributed by atoms with E-state index >= 15 is 0 Å². The Labute approximate surface area is 162 Å². The van der Waals surface area contributed by atoms with Crippen LogP contribution in [0, 0.1) is 0 Å². The molecule has 0 fully saturated rings. The van der Waals surface area contributed by atoms with Gasteiger partial charge in [-0.3, -0.25) is 0 Å². The van der Waals surface area contributed by atoms with Crippen molar-refractivity contribution in [3.63, 3.8) is 0 Å². The van der Waals surface area contributed by atoms with E-state index in [2.05, 4.69) is 112 Å². The largest absolute Gasteiger partial charge is 0.155 e. The van der Waals surface area contributed by atoms with Crippen LogP contribution in [0.25, 0.3) is 21.9 Å². The summed E-state index contributed by atoms with van der Waals surface area (Å²) in [6.07, 6.45) is 0. The summed E-state index contributed by atoms with van der Waals surface area (Å²) in [5, 5.41) is 7.60. The highest BCUT2D eigenvalue weighted by molar-refractivity contribution is 7.16. The van der Waals surface area contributed by atoms with Crippen LogP contribution in [0.4, 0.5) is 0 Å². The summed E-state index contributed by atoms with van der Waals surface area (Å²) >= 11 is 0. The number of rotatable bonds is 1. The summed E-state index contributed by atoms with van der Waals surface area (Å²) in [6.45, 7) is 7.33. The molecule has 4 aromatic carbocycles. The van der Waals surface area contributed by atoms with Gasteiger partial charge in [0.25, 0.3) is 0 Å². The Morgan fingerprint density at radius 3 is 2.04 bits per heavy atom. The van der Waals surface area contributed by atoms with Gasteiger partial charge in [0.05, 0.1) is 0 Å². The van der Waals surface area contributed by atoms with E-state index in [0.29, 0.717) is 0 Å². The molecule has 0 saturated carbocycles. The number of fused-ring (bicyclic) bond motifs is 5. The van der Waals surface area contributed by atoms with Gasteiger partial charge in [0.15, 0.2) is 8.07 Å². The Kier molecular flexibility index (Phi) is 3.47. The Morgan fingerprint density at radius 2 is 1.26 bits per heavy atom. The molecule has 132 valence electrons. The molecule has 1 heteroatoms. The minimum Gasteiger partial charge on any atom is -0.0624 e. The molecule has 0 aliphatic carbocycles. The summed E-state index contributed by atoms with van der Waals surface area (Å²) in [4.78, 5) is 0. The van der Waals surface area contributed by atoms with E-state index in [-0.39, 0.29) is 5.04 Å².